The maximum absolute atomic E-state index is 5.52. The molecule has 0 atom stereocenters. The summed E-state index contributed by atoms with van der Waals surface area (Å²) in [6.07, 6.45) is 7.06. The summed E-state index contributed by atoms with van der Waals surface area (Å²) in [5, 5.41) is 6.52. The van der Waals surface area contributed by atoms with Crippen LogP contribution in [0.2, 0.25) is 0 Å². The Morgan fingerprint density at radius 1 is 0.737 bits per heavy atom. The second kappa shape index (κ2) is 8.05. The van der Waals surface area contributed by atoms with E-state index >= 15 is 0 Å². The van der Waals surface area contributed by atoms with Crippen molar-refractivity contribution in [1.82, 2.24) is 9.97 Å². The van der Waals surface area contributed by atoms with Crippen LogP contribution in [0.3, 0.4) is 0 Å². The van der Waals surface area contributed by atoms with Gasteiger partial charge in [0, 0.05) is 49.3 Å². The van der Waals surface area contributed by atoms with Crippen LogP contribution in [-0.4, -0.2) is 36.3 Å². The predicted octanol–water partition coefficient (Wildman–Crippen LogP) is 2.02. The van der Waals surface area contributed by atoms with Crippen LogP contribution in [0, 0.1) is 0 Å². The van der Waals surface area contributed by atoms with E-state index in [1.54, 1.807) is 24.8 Å². The van der Waals surface area contributed by atoms with Gasteiger partial charge in [-0.25, -0.2) is 0 Å². The predicted molar refractivity (Wildman–Crippen MR) is 76.3 cm³/mol. The largest absolute Gasteiger partial charge is 0.383 e. The lowest BCUT2D eigenvalue weighted by Gasteiger charge is -2.08. The molecule has 0 fully saturated rings. The van der Waals surface area contributed by atoms with E-state index in [9.17, 15) is 0 Å². The number of ether oxygens (including phenoxy) is 1. The molecule has 5 nitrogen and oxygen atoms in total. The summed E-state index contributed by atoms with van der Waals surface area (Å²) in [5.41, 5.74) is 2.13. The minimum atomic E-state index is 0.681. The van der Waals surface area contributed by atoms with Crippen molar-refractivity contribution < 1.29 is 4.74 Å². The first kappa shape index (κ1) is 13.3. The highest BCUT2D eigenvalue weighted by atomic mass is 16.5. The van der Waals surface area contributed by atoms with Crippen molar-refractivity contribution in [2.75, 3.05) is 36.9 Å². The standard InChI is InChI=1S/C14H18N4O/c1-5-15-6-2-13(1)17-9-11-19-12-10-18-14-3-7-16-8-4-14/h1-8H,9-12H2,(H,15,17)(H,16,18). The lowest BCUT2D eigenvalue weighted by atomic mass is 10.4. The Labute approximate surface area is 113 Å². The molecule has 5 heteroatoms. The molecule has 2 aromatic rings. The highest BCUT2D eigenvalue weighted by Crippen LogP contribution is 2.02. The van der Waals surface area contributed by atoms with Crippen LogP contribution in [0.4, 0.5) is 11.4 Å². The van der Waals surface area contributed by atoms with E-state index in [-0.39, 0.29) is 0 Å². The third-order valence-corrected chi connectivity index (χ3v) is 2.51. The number of aromatic nitrogens is 2. The Hall–Kier alpha value is -2.14. The van der Waals surface area contributed by atoms with Crippen LogP contribution in [0.25, 0.3) is 0 Å². The van der Waals surface area contributed by atoms with Gasteiger partial charge in [-0.15, -0.1) is 0 Å². The SMILES string of the molecule is c1cc(NCCOCCNc2ccncc2)ccn1. The monoisotopic (exact) mass is 258 g/mol. The van der Waals surface area contributed by atoms with Crippen molar-refractivity contribution in [1.29, 1.82) is 0 Å². The smallest absolute Gasteiger partial charge is 0.0639 e. The zero-order valence-corrected chi connectivity index (χ0v) is 10.7. The molecule has 2 rings (SSSR count). The third-order valence-electron chi connectivity index (χ3n) is 2.51. The molecule has 0 spiro atoms. The first-order valence-corrected chi connectivity index (χ1v) is 6.31. The fraction of sp³-hybridized carbons (Fsp3) is 0.286. The van der Waals surface area contributed by atoms with Gasteiger partial charge < -0.3 is 15.4 Å². The van der Waals surface area contributed by atoms with Crippen LogP contribution < -0.4 is 10.6 Å². The average molecular weight is 258 g/mol. The summed E-state index contributed by atoms with van der Waals surface area (Å²) in [6, 6.07) is 7.74. The number of nitrogens with one attached hydrogen (secondary N) is 2. The maximum Gasteiger partial charge on any atom is 0.0639 e. The Balaban J connectivity index is 1.49. The van der Waals surface area contributed by atoms with Crippen molar-refractivity contribution in [2.45, 2.75) is 0 Å². The summed E-state index contributed by atoms with van der Waals surface area (Å²) in [4.78, 5) is 7.92. The van der Waals surface area contributed by atoms with E-state index in [1.807, 2.05) is 24.3 Å². The first-order chi connectivity index (χ1) is 9.45. The van der Waals surface area contributed by atoms with Gasteiger partial charge in [0.25, 0.3) is 0 Å². The maximum atomic E-state index is 5.52. The van der Waals surface area contributed by atoms with E-state index in [0.29, 0.717) is 13.2 Å². The number of hydrogen-bond donors (Lipinski definition) is 2. The highest BCUT2D eigenvalue weighted by molar-refractivity contribution is 5.41. The first-order valence-electron chi connectivity index (χ1n) is 6.31. The molecule has 0 radical (unpaired) electrons. The van der Waals surface area contributed by atoms with Crippen molar-refractivity contribution in [3.05, 3.63) is 49.1 Å². The van der Waals surface area contributed by atoms with Gasteiger partial charge in [0.05, 0.1) is 13.2 Å². The Morgan fingerprint density at radius 2 is 1.16 bits per heavy atom. The fourth-order valence-electron chi connectivity index (χ4n) is 1.58. The molecule has 19 heavy (non-hydrogen) atoms. The van der Waals surface area contributed by atoms with Crippen LogP contribution in [0.5, 0.6) is 0 Å². The van der Waals surface area contributed by atoms with E-state index in [4.69, 9.17) is 4.74 Å². The summed E-state index contributed by atoms with van der Waals surface area (Å²) in [7, 11) is 0. The topological polar surface area (TPSA) is 59.1 Å². The minimum Gasteiger partial charge on any atom is -0.383 e. The van der Waals surface area contributed by atoms with Gasteiger partial charge in [0.15, 0.2) is 0 Å². The molecule has 100 valence electrons. The van der Waals surface area contributed by atoms with Gasteiger partial charge in [0.1, 0.15) is 0 Å². The Morgan fingerprint density at radius 3 is 1.58 bits per heavy atom. The molecule has 0 unspecified atom stereocenters. The van der Waals surface area contributed by atoms with Crippen LogP contribution in [-0.2, 0) is 4.74 Å². The van der Waals surface area contributed by atoms with Crippen LogP contribution >= 0.6 is 0 Å². The lowest BCUT2D eigenvalue weighted by molar-refractivity contribution is 0.154. The van der Waals surface area contributed by atoms with Crippen molar-refractivity contribution in [3.63, 3.8) is 0 Å². The van der Waals surface area contributed by atoms with Crippen molar-refractivity contribution in [3.8, 4) is 0 Å². The van der Waals surface area contributed by atoms with E-state index in [0.717, 1.165) is 24.5 Å². The average Bonchev–Trinajstić information content (AvgIpc) is 2.48. The summed E-state index contributed by atoms with van der Waals surface area (Å²) >= 11 is 0. The Kier molecular flexibility index (Phi) is 5.63. The van der Waals surface area contributed by atoms with Gasteiger partial charge >= 0.3 is 0 Å². The molecule has 2 aromatic heterocycles. The fourth-order valence-corrected chi connectivity index (χ4v) is 1.58. The van der Waals surface area contributed by atoms with Gasteiger partial charge in [-0.3, -0.25) is 9.97 Å². The highest BCUT2D eigenvalue weighted by Gasteiger charge is 1.92. The number of nitrogens with zero attached hydrogens (tertiary/aromatic N) is 2. The van der Waals surface area contributed by atoms with Crippen molar-refractivity contribution >= 4 is 11.4 Å². The molecule has 0 aliphatic rings. The number of anilines is 2. The zero-order valence-electron chi connectivity index (χ0n) is 10.7. The molecule has 2 heterocycles. The summed E-state index contributed by atoms with van der Waals surface area (Å²) in [6.45, 7) is 2.94. The molecule has 0 bridgehead atoms. The van der Waals surface area contributed by atoms with E-state index < -0.39 is 0 Å². The van der Waals surface area contributed by atoms with E-state index in [1.165, 1.54) is 0 Å². The third kappa shape index (κ3) is 5.35. The molecule has 2 N–H and O–H groups in total. The quantitative estimate of drug-likeness (QED) is 0.709. The molecular formula is C14H18N4O. The van der Waals surface area contributed by atoms with Crippen molar-refractivity contribution in [2.24, 2.45) is 0 Å². The van der Waals surface area contributed by atoms with Crippen LogP contribution in [0.1, 0.15) is 0 Å². The number of hydrogen-bond acceptors (Lipinski definition) is 5. The second-order valence-electron chi connectivity index (χ2n) is 3.94. The zero-order chi connectivity index (χ0) is 13.2. The molecule has 0 aliphatic carbocycles. The normalized spacial score (nSPS) is 10.1. The van der Waals surface area contributed by atoms with Gasteiger partial charge in [-0.05, 0) is 24.3 Å². The molecule has 0 aliphatic heterocycles. The Bertz CT molecular complexity index is 406. The lowest BCUT2D eigenvalue weighted by Crippen LogP contribution is -2.14. The number of rotatable bonds is 8. The van der Waals surface area contributed by atoms with Gasteiger partial charge in [0.2, 0.25) is 0 Å². The summed E-state index contributed by atoms with van der Waals surface area (Å²) < 4.78 is 5.52. The molecular weight excluding hydrogens is 240 g/mol. The molecule has 0 amide bonds. The summed E-state index contributed by atoms with van der Waals surface area (Å²) in [5.74, 6) is 0. The van der Waals surface area contributed by atoms with Gasteiger partial charge in [-0.1, -0.05) is 0 Å². The number of pyridine rings is 2. The van der Waals surface area contributed by atoms with E-state index in [2.05, 4.69) is 20.6 Å². The van der Waals surface area contributed by atoms with Gasteiger partial charge in [-0.2, -0.15) is 0 Å². The van der Waals surface area contributed by atoms with Crippen LogP contribution in [0.15, 0.2) is 49.1 Å². The molecule has 0 saturated carbocycles. The second-order valence-corrected chi connectivity index (χ2v) is 3.94. The molecule has 0 aromatic carbocycles. The molecule has 0 saturated heterocycles. The minimum absolute atomic E-state index is 0.681.